The highest BCUT2D eigenvalue weighted by atomic mass is 15.3. The van der Waals surface area contributed by atoms with Crippen molar-refractivity contribution in [2.24, 2.45) is 5.84 Å². The molecule has 0 unspecified atom stereocenters. The summed E-state index contributed by atoms with van der Waals surface area (Å²) in [5.74, 6) is 6.43. The fourth-order valence-corrected chi connectivity index (χ4v) is 2.16. The minimum absolute atomic E-state index is 0.396. The Morgan fingerprint density at radius 3 is 2.75 bits per heavy atom. The quantitative estimate of drug-likeness (QED) is 0.499. The van der Waals surface area contributed by atoms with E-state index >= 15 is 0 Å². The van der Waals surface area contributed by atoms with Crippen molar-refractivity contribution in [1.82, 2.24) is 9.97 Å². The van der Waals surface area contributed by atoms with Crippen molar-refractivity contribution in [2.45, 2.75) is 6.54 Å². The molecule has 2 aromatic carbocycles. The largest absolute Gasteiger partial charge is 0.366 e. The molecule has 0 saturated carbocycles. The first kappa shape index (κ1) is 12.4. The predicted octanol–water partition coefficient (Wildman–Crippen LogP) is 2.53. The number of hydrogen-bond acceptors (Lipinski definition) is 5. The molecule has 0 fully saturated rings. The van der Waals surface area contributed by atoms with E-state index in [4.69, 9.17) is 5.84 Å². The van der Waals surface area contributed by atoms with Crippen molar-refractivity contribution in [3.05, 3.63) is 60.3 Å². The first-order chi connectivity index (χ1) is 9.86. The lowest BCUT2D eigenvalue weighted by Crippen LogP contribution is -2.11. The van der Waals surface area contributed by atoms with Gasteiger partial charge in [0, 0.05) is 12.7 Å². The van der Waals surface area contributed by atoms with Gasteiger partial charge in [-0.1, -0.05) is 42.5 Å². The molecular weight excluding hydrogens is 250 g/mol. The van der Waals surface area contributed by atoms with Gasteiger partial charge in [0.2, 0.25) is 5.95 Å². The fraction of sp³-hybridized carbons (Fsp3) is 0.0667. The maximum absolute atomic E-state index is 5.30. The number of benzene rings is 2. The van der Waals surface area contributed by atoms with Crippen molar-refractivity contribution in [3.8, 4) is 0 Å². The van der Waals surface area contributed by atoms with Crippen LogP contribution in [0.2, 0.25) is 0 Å². The molecule has 0 bridgehead atoms. The van der Waals surface area contributed by atoms with Crippen LogP contribution in [-0.2, 0) is 6.54 Å². The van der Waals surface area contributed by atoms with Gasteiger partial charge in [-0.3, -0.25) is 5.43 Å². The topological polar surface area (TPSA) is 75.9 Å². The molecule has 3 rings (SSSR count). The van der Waals surface area contributed by atoms with Gasteiger partial charge in [0.25, 0.3) is 0 Å². The summed E-state index contributed by atoms with van der Waals surface area (Å²) in [6.45, 7) is 0.697. The van der Waals surface area contributed by atoms with E-state index in [0.29, 0.717) is 12.5 Å². The normalized spacial score (nSPS) is 10.4. The van der Waals surface area contributed by atoms with Crippen LogP contribution in [0.1, 0.15) is 5.56 Å². The number of nitrogens with one attached hydrogen (secondary N) is 2. The lowest BCUT2D eigenvalue weighted by Gasteiger charge is -2.09. The highest BCUT2D eigenvalue weighted by molar-refractivity contribution is 5.85. The SMILES string of the molecule is NNc1nccc(NCc2cccc3ccccc23)n1. The van der Waals surface area contributed by atoms with E-state index < -0.39 is 0 Å². The lowest BCUT2D eigenvalue weighted by atomic mass is 10.0. The Bertz CT molecular complexity index is 721. The highest BCUT2D eigenvalue weighted by Gasteiger charge is 2.01. The summed E-state index contributed by atoms with van der Waals surface area (Å²) in [4.78, 5) is 8.20. The van der Waals surface area contributed by atoms with Crippen LogP contribution in [0.5, 0.6) is 0 Å². The third kappa shape index (κ3) is 2.53. The molecule has 5 heteroatoms. The molecule has 0 aliphatic heterocycles. The first-order valence-corrected chi connectivity index (χ1v) is 6.37. The molecule has 5 nitrogen and oxygen atoms in total. The summed E-state index contributed by atoms with van der Waals surface area (Å²) in [6, 6.07) is 16.4. The third-order valence-corrected chi connectivity index (χ3v) is 3.12. The van der Waals surface area contributed by atoms with Gasteiger partial charge in [0.15, 0.2) is 0 Å². The maximum Gasteiger partial charge on any atom is 0.239 e. The van der Waals surface area contributed by atoms with E-state index in [1.165, 1.54) is 16.3 Å². The molecule has 1 aromatic heterocycles. The van der Waals surface area contributed by atoms with Crippen LogP contribution in [0.25, 0.3) is 10.8 Å². The van der Waals surface area contributed by atoms with E-state index in [0.717, 1.165) is 5.82 Å². The van der Waals surface area contributed by atoms with Gasteiger partial charge in [-0.25, -0.2) is 10.8 Å². The van der Waals surface area contributed by atoms with Gasteiger partial charge < -0.3 is 5.32 Å². The second-order valence-corrected chi connectivity index (χ2v) is 4.40. The Balaban J connectivity index is 1.83. The minimum Gasteiger partial charge on any atom is -0.366 e. The number of nitrogen functional groups attached to an aromatic ring is 1. The highest BCUT2D eigenvalue weighted by Crippen LogP contribution is 2.19. The molecule has 100 valence electrons. The number of hydrazine groups is 1. The van der Waals surface area contributed by atoms with Crippen LogP contribution in [0, 0.1) is 0 Å². The second kappa shape index (κ2) is 5.54. The van der Waals surface area contributed by atoms with Gasteiger partial charge in [-0.15, -0.1) is 0 Å². The molecule has 0 amide bonds. The van der Waals surface area contributed by atoms with E-state index in [1.54, 1.807) is 6.20 Å². The lowest BCUT2D eigenvalue weighted by molar-refractivity contribution is 1.07. The summed E-state index contributed by atoms with van der Waals surface area (Å²) in [6.07, 6.45) is 1.66. The monoisotopic (exact) mass is 265 g/mol. The van der Waals surface area contributed by atoms with Crippen molar-refractivity contribution in [2.75, 3.05) is 10.7 Å². The fourth-order valence-electron chi connectivity index (χ4n) is 2.16. The van der Waals surface area contributed by atoms with Crippen LogP contribution >= 0.6 is 0 Å². The summed E-state index contributed by atoms with van der Waals surface area (Å²) < 4.78 is 0. The average Bonchev–Trinajstić information content (AvgIpc) is 2.53. The van der Waals surface area contributed by atoms with Gasteiger partial charge in [0.05, 0.1) is 0 Å². The molecule has 4 N–H and O–H groups in total. The van der Waals surface area contributed by atoms with Gasteiger partial charge in [-0.05, 0) is 22.4 Å². The Morgan fingerprint density at radius 2 is 1.85 bits per heavy atom. The van der Waals surface area contributed by atoms with Crippen LogP contribution in [-0.4, -0.2) is 9.97 Å². The second-order valence-electron chi connectivity index (χ2n) is 4.40. The zero-order valence-electron chi connectivity index (χ0n) is 10.9. The average molecular weight is 265 g/mol. The summed E-state index contributed by atoms with van der Waals surface area (Å²) >= 11 is 0. The zero-order chi connectivity index (χ0) is 13.8. The molecule has 0 saturated heterocycles. The Hall–Kier alpha value is -2.66. The van der Waals surface area contributed by atoms with Crippen LogP contribution in [0.4, 0.5) is 11.8 Å². The molecule has 1 heterocycles. The van der Waals surface area contributed by atoms with Crippen molar-refractivity contribution in [3.63, 3.8) is 0 Å². The number of nitrogens with two attached hydrogens (primary N) is 1. The molecule has 20 heavy (non-hydrogen) atoms. The van der Waals surface area contributed by atoms with E-state index in [2.05, 4.69) is 51.0 Å². The van der Waals surface area contributed by atoms with E-state index in [1.807, 2.05) is 18.2 Å². The van der Waals surface area contributed by atoms with Crippen molar-refractivity contribution in [1.29, 1.82) is 0 Å². The number of anilines is 2. The number of hydrogen-bond donors (Lipinski definition) is 3. The maximum atomic E-state index is 5.30. The number of aromatic nitrogens is 2. The summed E-state index contributed by atoms with van der Waals surface area (Å²) in [5.41, 5.74) is 3.66. The van der Waals surface area contributed by atoms with Gasteiger partial charge in [0.1, 0.15) is 5.82 Å². The molecule has 3 aromatic rings. The van der Waals surface area contributed by atoms with Gasteiger partial charge >= 0.3 is 0 Å². The third-order valence-electron chi connectivity index (χ3n) is 3.12. The molecule has 0 radical (unpaired) electrons. The number of fused-ring (bicyclic) bond motifs is 1. The number of rotatable bonds is 4. The zero-order valence-corrected chi connectivity index (χ0v) is 10.9. The molecule has 0 atom stereocenters. The van der Waals surface area contributed by atoms with Crippen LogP contribution in [0.3, 0.4) is 0 Å². The molecule has 0 aliphatic carbocycles. The van der Waals surface area contributed by atoms with Crippen molar-refractivity contribution >= 4 is 22.5 Å². The van der Waals surface area contributed by atoms with Crippen LogP contribution in [0.15, 0.2) is 54.7 Å². The number of nitrogens with zero attached hydrogens (tertiary/aromatic N) is 2. The van der Waals surface area contributed by atoms with Crippen LogP contribution < -0.4 is 16.6 Å². The molecule has 0 aliphatic rings. The van der Waals surface area contributed by atoms with E-state index in [9.17, 15) is 0 Å². The van der Waals surface area contributed by atoms with Crippen molar-refractivity contribution < 1.29 is 0 Å². The Kier molecular flexibility index (Phi) is 3.43. The first-order valence-electron chi connectivity index (χ1n) is 6.37. The predicted molar refractivity (Wildman–Crippen MR) is 81.1 cm³/mol. The van der Waals surface area contributed by atoms with Gasteiger partial charge in [-0.2, -0.15) is 4.98 Å². The minimum atomic E-state index is 0.396. The van der Waals surface area contributed by atoms with E-state index in [-0.39, 0.29) is 0 Å². The molecule has 0 spiro atoms. The summed E-state index contributed by atoms with van der Waals surface area (Å²) in [7, 11) is 0. The summed E-state index contributed by atoms with van der Waals surface area (Å²) in [5, 5.41) is 5.76. The Morgan fingerprint density at radius 1 is 1.00 bits per heavy atom. The smallest absolute Gasteiger partial charge is 0.239 e. The molecular formula is C15H15N5. The standard InChI is InChI=1S/C15H15N5/c16-20-15-17-9-8-14(19-15)18-10-12-6-3-5-11-4-1-2-7-13(11)12/h1-9H,10,16H2,(H2,17,18,19,20). The Labute approximate surface area is 116 Å².